The summed E-state index contributed by atoms with van der Waals surface area (Å²) in [6, 6.07) is 5.37. The molecule has 1 aromatic carbocycles. The Morgan fingerprint density at radius 1 is 1.29 bits per heavy atom. The van der Waals surface area contributed by atoms with Gasteiger partial charge in [-0.1, -0.05) is 12.1 Å². The molecular formula is C13H15F2NO4S. The third kappa shape index (κ3) is 3.98. The third-order valence-corrected chi connectivity index (χ3v) is 4.77. The number of carboxylic acids is 1. The summed E-state index contributed by atoms with van der Waals surface area (Å²) in [7, 11) is -3.77. The zero-order chi connectivity index (χ0) is 15.9. The average molecular weight is 319 g/mol. The van der Waals surface area contributed by atoms with E-state index in [0.717, 1.165) is 0 Å². The van der Waals surface area contributed by atoms with Crippen molar-refractivity contribution >= 4 is 16.0 Å². The number of benzene rings is 1. The standard InChI is InChI=1S/C13H15F2NO4S/c1-12(7-13(14,15)8-12)16-21(19,20)6-9-2-4-10(5-3-9)11(17)18/h2-5,16H,6-8H2,1H3,(H,17,18). The van der Waals surface area contributed by atoms with Gasteiger partial charge in [-0.3, -0.25) is 0 Å². The number of nitrogens with one attached hydrogen (secondary N) is 1. The molecular weight excluding hydrogens is 304 g/mol. The van der Waals surface area contributed by atoms with E-state index in [1.165, 1.54) is 31.2 Å². The molecule has 1 aliphatic carbocycles. The minimum atomic E-state index is -3.77. The highest BCUT2D eigenvalue weighted by Gasteiger charge is 2.55. The molecule has 0 spiro atoms. The molecule has 2 rings (SSSR count). The Hall–Kier alpha value is -1.54. The van der Waals surface area contributed by atoms with Crippen molar-refractivity contribution in [3.05, 3.63) is 35.4 Å². The SMILES string of the molecule is CC1(NS(=O)(=O)Cc2ccc(C(=O)O)cc2)CC(F)(F)C1. The van der Waals surface area contributed by atoms with E-state index in [1.807, 2.05) is 0 Å². The summed E-state index contributed by atoms with van der Waals surface area (Å²) >= 11 is 0. The fourth-order valence-electron chi connectivity index (χ4n) is 2.54. The van der Waals surface area contributed by atoms with Crippen LogP contribution in [0.15, 0.2) is 24.3 Å². The van der Waals surface area contributed by atoms with E-state index in [-0.39, 0.29) is 11.3 Å². The maximum Gasteiger partial charge on any atom is 0.335 e. The van der Waals surface area contributed by atoms with Gasteiger partial charge in [0.2, 0.25) is 10.0 Å². The van der Waals surface area contributed by atoms with Gasteiger partial charge in [0.25, 0.3) is 5.92 Å². The summed E-state index contributed by atoms with van der Waals surface area (Å²) in [5.41, 5.74) is -0.680. The molecule has 21 heavy (non-hydrogen) atoms. The van der Waals surface area contributed by atoms with Gasteiger partial charge in [-0.05, 0) is 24.6 Å². The van der Waals surface area contributed by atoms with Crippen molar-refractivity contribution in [3.8, 4) is 0 Å². The molecule has 2 N–H and O–H groups in total. The number of sulfonamides is 1. The lowest BCUT2D eigenvalue weighted by Gasteiger charge is -2.44. The van der Waals surface area contributed by atoms with Crippen LogP contribution in [0, 0.1) is 0 Å². The molecule has 0 saturated heterocycles. The van der Waals surface area contributed by atoms with Crippen molar-refractivity contribution in [1.82, 2.24) is 4.72 Å². The number of aromatic carboxylic acids is 1. The molecule has 1 aromatic rings. The molecule has 0 radical (unpaired) electrons. The largest absolute Gasteiger partial charge is 0.478 e. The van der Waals surface area contributed by atoms with E-state index in [9.17, 15) is 22.0 Å². The second-order valence-corrected chi connectivity index (χ2v) is 7.36. The van der Waals surface area contributed by atoms with Gasteiger partial charge in [0, 0.05) is 18.4 Å². The van der Waals surface area contributed by atoms with E-state index in [2.05, 4.69) is 4.72 Å². The lowest BCUT2D eigenvalue weighted by atomic mass is 9.76. The molecule has 8 heteroatoms. The second kappa shape index (κ2) is 5.03. The van der Waals surface area contributed by atoms with Gasteiger partial charge in [0.15, 0.2) is 0 Å². The summed E-state index contributed by atoms with van der Waals surface area (Å²) in [5, 5.41) is 8.75. The average Bonchev–Trinajstić information content (AvgIpc) is 2.24. The van der Waals surface area contributed by atoms with Crippen LogP contribution < -0.4 is 4.72 Å². The normalized spacial score (nSPS) is 19.8. The fourth-order valence-corrected chi connectivity index (χ4v) is 4.14. The molecule has 1 saturated carbocycles. The summed E-state index contributed by atoms with van der Waals surface area (Å²) in [5.74, 6) is -4.30. The minimum Gasteiger partial charge on any atom is -0.478 e. The Morgan fingerprint density at radius 2 is 1.81 bits per heavy atom. The highest BCUT2D eigenvalue weighted by Crippen LogP contribution is 2.45. The number of carboxylic acid groups (broad SMARTS) is 1. The molecule has 0 atom stereocenters. The molecule has 0 bridgehead atoms. The molecule has 0 aliphatic heterocycles. The predicted octanol–water partition coefficient (Wildman–Crippen LogP) is 1.99. The number of alkyl halides is 2. The van der Waals surface area contributed by atoms with Gasteiger partial charge in [-0.2, -0.15) is 0 Å². The van der Waals surface area contributed by atoms with Gasteiger partial charge < -0.3 is 5.11 Å². The molecule has 0 unspecified atom stereocenters. The van der Waals surface area contributed by atoms with Crippen LogP contribution in [0.25, 0.3) is 0 Å². The van der Waals surface area contributed by atoms with E-state index in [4.69, 9.17) is 5.11 Å². The van der Waals surface area contributed by atoms with Crippen LogP contribution in [0.5, 0.6) is 0 Å². The molecule has 1 aliphatic rings. The van der Waals surface area contributed by atoms with Crippen molar-refractivity contribution in [2.45, 2.75) is 37.0 Å². The predicted molar refractivity (Wildman–Crippen MR) is 71.7 cm³/mol. The first kappa shape index (κ1) is 15.8. The zero-order valence-corrected chi connectivity index (χ0v) is 12.1. The number of carbonyl (C=O) groups is 1. The van der Waals surface area contributed by atoms with Crippen LogP contribution in [0.2, 0.25) is 0 Å². The summed E-state index contributed by atoms with van der Waals surface area (Å²) < 4.78 is 51.9. The summed E-state index contributed by atoms with van der Waals surface area (Å²) in [6.07, 6.45) is -1.03. The Labute approximate surface area is 121 Å². The van der Waals surface area contributed by atoms with Crippen molar-refractivity contribution < 1.29 is 27.1 Å². The lowest BCUT2D eigenvalue weighted by Crippen LogP contribution is -2.60. The lowest BCUT2D eigenvalue weighted by molar-refractivity contribution is -0.121. The van der Waals surface area contributed by atoms with Gasteiger partial charge in [0.1, 0.15) is 0 Å². The molecule has 0 heterocycles. The first-order valence-electron chi connectivity index (χ1n) is 6.22. The van der Waals surface area contributed by atoms with Crippen LogP contribution in [-0.2, 0) is 15.8 Å². The minimum absolute atomic E-state index is 0.0507. The van der Waals surface area contributed by atoms with Crippen LogP contribution in [0.1, 0.15) is 35.7 Å². The number of hydrogen-bond donors (Lipinski definition) is 2. The summed E-state index contributed by atoms with van der Waals surface area (Å²) in [4.78, 5) is 10.7. The Bertz CT molecular complexity index is 647. The fraction of sp³-hybridized carbons (Fsp3) is 0.462. The van der Waals surface area contributed by atoms with Gasteiger partial charge in [-0.25, -0.2) is 26.7 Å². The topological polar surface area (TPSA) is 83.5 Å². The van der Waals surface area contributed by atoms with Crippen molar-refractivity contribution in [2.75, 3.05) is 0 Å². The van der Waals surface area contributed by atoms with Gasteiger partial charge in [0.05, 0.1) is 11.3 Å². The maximum atomic E-state index is 12.9. The number of halogens is 2. The summed E-state index contributed by atoms with van der Waals surface area (Å²) in [6.45, 7) is 1.44. The maximum absolute atomic E-state index is 12.9. The molecule has 116 valence electrons. The third-order valence-electron chi connectivity index (χ3n) is 3.26. The van der Waals surface area contributed by atoms with Gasteiger partial charge >= 0.3 is 5.97 Å². The van der Waals surface area contributed by atoms with Crippen LogP contribution in [0.3, 0.4) is 0 Å². The van der Waals surface area contributed by atoms with Crippen LogP contribution in [0.4, 0.5) is 8.78 Å². The first-order chi connectivity index (χ1) is 9.50. The quantitative estimate of drug-likeness (QED) is 0.869. The smallest absolute Gasteiger partial charge is 0.335 e. The zero-order valence-electron chi connectivity index (χ0n) is 11.3. The Kier molecular flexibility index (Phi) is 3.79. The van der Waals surface area contributed by atoms with Crippen molar-refractivity contribution in [2.24, 2.45) is 0 Å². The molecule has 0 aromatic heterocycles. The first-order valence-corrected chi connectivity index (χ1v) is 7.87. The number of hydrogen-bond acceptors (Lipinski definition) is 3. The van der Waals surface area contributed by atoms with Crippen molar-refractivity contribution in [1.29, 1.82) is 0 Å². The second-order valence-electron chi connectivity index (χ2n) is 5.63. The van der Waals surface area contributed by atoms with E-state index < -0.39 is 40.3 Å². The molecule has 5 nitrogen and oxygen atoms in total. The molecule has 0 amide bonds. The number of rotatable bonds is 5. The van der Waals surface area contributed by atoms with Crippen LogP contribution in [-0.4, -0.2) is 31.0 Å². The molecule has 1 fully saturated rings. The van der Waals surface area contributed by atoms with E-state index in [0.29, 0.717) is 5.56 Å². The Balaban J connectivity index is 2.03. The van der Waals surface area contributed by atoms with E-state index >= 15 is 0 Å². The highest BCUT2D eigenvalue weighted by molar-refractivity contribution is 7.88. The monoisotopic (exact) mass is 319 g/mol. The van der Waals surface area contributed by atoms with Crippen molar-refractivity contribution in [3.63, 3.8) is 0 Å². The van der Waals surface area contributed by atoms with E-state index in [1.54, 1.807) is 0 Å². The highest BCUT2D eigenvalue weighted by atomic mass is 32.2. The van der Waals surface area contributed by atoms with Crippen LogP contribution >= 0.6 is 0 Å². The Morgan fingerprint density at radius 3 is 2.24 bits per heavy atom. The van der Waals surface area contributed by atoms with Gasteiger partial charge in [-0.15, -0.1) is 0 Å².